The Kier molecular flexibility index (Phi) is 5.36. The number of nitrogens with one attached hydrogen (secondary N) is 1. The molecule has 1 heterocycles. The summed E-state index contributed by atoms with van der Waals surface area (Å²) in [5.41, 5.74) is 1.68. The van der Waals surface area contributed by atoms with E-state index >= 15 is 0 Å². The van der Waals surface area contributed by atoms with Crippen molar-refractivity contribution >= 4 is 5.97 Å². The molecule has 1 aromatic rings. The number of benzene rings is 1. The lowest BCUT2D eigenvalue weighted by Crippen LogP contribution is -2.32. The number of hydrogen-bond donors (Lipinski definition) is 1. The first-order valence-electron chi connectivity index (χ1n) is 6.88. The van der Waals surface area contributed by atoms with Gasteiger partial charge in [0, 0.05) is 0 Å². The molecule has 0 saturated carbocycles. The van der Waals surface area contributed by atoms with Crippen LogP contribution in [0.2, 0.25) is 0 Å². The highest BCUT2D eigenvalue weighted by Crippen LogP contribution is 2.12. The molecule has 0 radical (unpaired) electrons. The molecule has 0 amide bonds. The molecule has 4 heteroatoms. The van der Waals surface area contributed by atoms with E-state index in [1.807, 2.05) is 12.1 Å². The number of carbonyl (C=O) groups excluding carboxylic acids is 1. The maximum atomic E-state index is 11.5. The Morgan fingerprint density at radius 2 is 1.95 bits per heavy atom. The summed E-state index contributed by atoms with van der Waals surface area (Å²) in [5, 5.41) is 3.31. The number of piperidine rings is 1. The quantitative estimate of drug-likeness (QED) is 0.827. The van der Waals surface area contributed by atoms with Gasteiger partial charge in [0.1, 0.15) is 0 Å². The third-order valence-corrected chi connectivity index (χ3v) is 3.24. The maximum Gasteiger partial charge on any atom is 0.338 e. The van der Waals surface area contributed by atoms with Crippen molar-refractivity contribution in [3.63, 3.8) is 0 Å². The first-order chi connectivity index (χ1) is 9.29. The van der Waals surface area contributed by atoms with Crippen LogP contribution in [0.3, 0.4) is 0 Å². The average molecular weight is 263 g/mol. The molecule has 1 aliphatic heterocycles. The Labute approximate surface area is 114 Å². The number of rotatable bonds is 5. The SMILES string of the molecule is CCOC(=O)c1ccc(COC2CCNCC2)cc1. The van der Waals surface area contributed by atoms with E-state index in [0.29, 0.717) is 24.9 Å². The molecule has 1 N–H and O–H groups in total. The van der Waals surface area contributed by atoms with Gasteiger partial charge in [-0.2, -0.15) is 0 Å². The van der Waals surface area contributed by atoms with Crippen molar-refractivity contribution in [1.82, 2.24) is 5.32 Å². The fourth-order valence-corrected chi connectivity index (χ4v) is 2.13. The summed E-state index contributed by atoms with van der Waals surface area (Å²) < 4.78 is 10.8. The molecular weight excluding hydrogens is 242 g/mol. The van der Waals surface area contributed by atoms with Crippen LogP contribution >= 0.6 is 0 Å². The van der Waals surface area contributed by atoms with E-state index in [9.17, 15) is 4.79 Å². The Morgan fingerprint density at radius 3 is 2.58 bits per heavy atom. The molecule has 1 saturated heterocycles. The minimum Gasteiger partial charge on any atom is -0.462 e. The average Bonchev–Trinajstić information content (AvgIpc) is 2.47. The van der Waals surface area contributed by atoms with E-state index in [4.69, 9.17) is 9.47 Å². The highest BCUT2D eigenvalue weighted by atomic mass is 16.5. The Bertz CT molecular complexity index is 396. The van der Waals surface area contributed by atoms with Crippen molar-refractivity contribution in [2.45, 2.75) is 32.5 Å². The first kappa shape index (κ1) is 14.0. The topological polar surface area (TPSA) is 47.6 Å². The standard InChI is InChI=1S/C15H21NO3/c1-2-18-15(17)13-5-3-12(4-6-13)11-19-14-7-9-16-10-8-14/h3-6,14,16H,2,7-11H2,1H3. The molecule has 0 atom stereocenters. The van der Waals surface area contributed by atoms with Crippen molar-refractivity contribution in [3.8, 4) is 0 Å². The number of ether oxygens (including phenoxy) is 2. The maximum absolute atomic E-state index is 11.5. The van der Waals surface area contributed by atoms with E-state index in [0.717, 1.165) is 31.5 Å². The second-order valence-electron chi connectivity index (χ2n) is 4.68. The zero-order valence-electron chi connectivity index (χ0n) is 11.4. The Hall–Kier alpha value is -1.39. The fraction of sp³-hybridized carbons (Fsp3) is 0.533. The predicted octanol–water partition coefficient (Wildman–Crippen LogP) is 2.13. The molecule has 1 fully saturated rings. The van der Waals surface area contributed by atoms with Crippen LogP contribution in [0.5, 0.6) is 0 Å². The summed E-state index contributed by atoms with van der Waals surface area (Å²) in [7, 11) is 0. The number of carbonyl (C=O) groups is 1. The van der Waals surface area contributed by atoms with Gasteiger partial charge in [0.05, 0.1) is 24.9 Å². The van der Waals surface area contributed by atoms with Crippen molar-refractivity contribution in [2.24, 2.45) is 0 Å². The summed E-state index contributed by atoms with van der Waals surface area (Å²) in [4.78, 5) is 11.5. The van der Waals surface area contributed by atoms with E-state index in [1.165, 1.54) is 0 Å². The van der Waals surface area contributed by atoms with Crippen LogP contribution < -0.4 is 5.32 Å². The van der Waals surface area contributed by atoms with Gasteiger partial charge in [0.2, 0.25) is 0 Å². The second-order valence-corrected chi connectivity index (χ2v) is 4.68. The van der Waals surface area contributed by atoms with Crippen molar-refractivity contribution < 1.29 is 14.3 Å². The molecule has 0 spiro atoms. The molecule has 2 rings (SSSR count). The normalized spacial score (nSPS) is 16.3. The highest BCUT2D eigenvalue weighted by Gasteiger charge is 2.13. The van der Waals surface area contributed by atoms with Crippen LogP contribution in [-0.2, 0) is 16.1 Å². The third-order valence-electron chi connectivity index (χ3n) is 3.24. The minimum atomic E-state index is -0.270. The second kappa shape index (κ2) is 7.26. The minimum absolute atomic E-state index is 0.270. The van der Waals surface area contributed by atoms with Crippen LogP contribution in [0.1, 0.15) is 35.7 Å². The van der Waals surface area contributed by atoms with Gasteiger partial charge in [0.25, 0.3) is 0 Å². The van der Waals surface area contributed by atoms with Crippen LogP contribution in [0.15, 0.2) is 24.3 Å². The van der Waals surface area contributed by atoms with Crippen LogP contribution in [0.4, 0.5) is 0 Å². The Balaban J connectivity index is 1.82. The van der Waals surface area contributed by atoms with Crippen LogP contribution in [0, 0.1) is 0 Å². The van der Waals surface area contributed by atoms with Gasteiger partial charge in [-0.3, -0.25) is 0 Å². The van der Waals surface area contributed by atoms with Crippen LogP contribution in [0.25, 0.3) is 0 Å². The molecular formula is C15H21NO3. The van der Waals surface area contributed by atoms with E-state index in [-0.39, 0.29) is 5.97 Å². The largest absolute Gasteiger partial charge is 0.462 e. The van der Waals surface area contributed by atoms with Crippen molar-refractivity contribution in [2.75, 3.05) is 19.7 Å². The summed E-state index contributed by atoms with van der Waals surface area (Å²) in [6, 6.07) is 7.43. The molecule has 0 bridgehead atoms. The lowest BCUT2D eigenvalue weighted by molar-refractivity contribution is 0.0212. The number of esters is 1. The summed E-state index contributed by atoms with van der Waals surface area (Å²) >= 11 is 0. The van der Waals surface area contributed by atoms with E-state index in [2.05, 4.69) is 5.32 Å². The molecule has 0 aliphatic carbocycles. The third kappa shape index (κ3) is 4.33. The Morgan fingerprint density at radius 1 is 1.26 bits per heavy atom. The van der Waals surface area contributed by atoms with E-state index < -0.39 is 0 Å². The van der Waals surface area contributed by atoms with E-state index in [1.54, 1.807) is 19.1 Å². The van der Waals surface area contributed by atoms with Gasteiger partial charge in [-0.25, -0.2) is 4.79 Å². The van der Waals surface area contributed by atoms with Gasteiger partial charge >= 0.3 is 5.97 Å². The molecule has 19 heavy (non-hydrogen) atoms. The summed E-state index contributed by atoms with van der Waals surface area (Å²) in [6.07, 6.45) is 2.49. The fourth-order valence-electron chi connectivity index (χ4n) is 2.13. The molecule has 1 aliphatic rings. The van der Waals surface area contributed by atoms with Gasteiger partial charge in [-0.05, 0) is 50.6 Å². The molecule has 4 nitrogen and oxygen atoms in total. The van der Waals surface area contributed by atoms with Crippen molar-refractivity contribution in [1.29, 1.82) is 0 Å². The zero-order chi connectivity index (χ0) is 13.5. The lowest BCUT2D eigenvalue weighted by Gasteiger charge is -2.22. The lowest BCUT2D eigenvalue weighted by atomic mass is 10.1. The smallest absolute Gasteiger partial charge is 0.338 e. The monoisotopic (exact) mass is 263 g/mol. The summed E-state index contributed by atoms with van der Waals surface area (Å²) in [5.74, 6) is -0.270. The van der Waals surface area contributed by atoms with Gasteiger partial charge in [-0.1, -0.05) is 12.1 Å². The van der Waals surface area contributed by atoms with Gasteiger partial charge in [0.15, 0.2) is 0 Å². The zero-order valence-corrected chi connectivity index (χ0v) is 11.4. The molecule has 0 unspecified atom stereocenters. The van der Waals surface area contributed by atoms with Crippen molar-refractivity contribution in [3.05, 3.63) is 35.4 Å². The molecule has 1 aromatic carbocycles. The van der Waals surface area contributed by atoms with Gasteiger partial charge < -0.3 is 14.8 Å². The van der Waals surface area contributed by atoms with Crippen LogP contribution in [-0.4, -0.2) is 31.8 Å². The highest BCUT2D eigenvalue weighted by molar-refractivity contribution is 5.89. The first-order valence-corrected chi connectivity index (χ1v) is 6.88. The summed E-state index contributed by atoms with van der Waals surface area (Å²) in [6.45, 7) is 4.88. The van der Waals surface area contributed by atoms with Gasteiger partial charge in [-0.15, -0.1) is 0 Å². The molecule has 0 aromatic heterocycles. The number of hydrogen-bond acceptors (Lipinski definition) is 4. The molecule has 104 valence electrons. The predicted molar refractivity (Wildman–Crippen MR) is 73.1 cm³/mol.